The minimum atomic E-state index is -0.408. The van der Waals surface area contributed by atoms with E-state index in [9.17, 15) is 9.90 Å². The van der Waals surface area contributed by atoms with E-state index in [0.717, 1.165) is 0 Å². The monoisotopic (exact) mass is 288 g/mol. The highest BCUT2D eigenvalue weighted by Gasteiger charge is 2.18. The van der Waals surface area contributed by atoms with Crippen molar-refractivity contribution in [1.29, 1.82) is 0 Å². The maximum atomic E-state index is 11.7. The van der Waals surface area contributed by atoms with E-state index in [-0.39, 0.29) is 11.4 Å². The van der Waals surface area contributed by atoms with Crippen LogP contribution in [-0.2, 0) is 11.2 Å². The van der Waals surface area contributed by atoms with Crippen LogP contribution in [0.25, 0.3) is 15.4 Å². The number of phenols is 1. The number of thiazole rings is 1. The normalized spacial score (nSPS) is 10.1. The number of hydrogen-bond acceptors (Lipinski definition) is 5. The van der Waals surface area contributed by atoms with Crippen molar-refractivity contribution in [1.82, 2.24) is 4.98 Å². The molecule has 0 bridgehead atoms. The van der Waals surface area contributed by atoms with Crippen LogP contribution in [0.4, 0.5) is 5.69 Å². The molecule has 5 nitrogen and oxygen atoms in total. The van der Waals surface area contributed by atoms with Gasteiger partial charge in [-0.05, 0) is 18.6 Å². The van der Waals surface area contributed by atoms with E-state index < -0.39 is 5.97 Å². The molecule has 1 heterocycles. The fraction of sp³-hybridized carbons (Fsp3) is 0.214. The van der Waals surface area contributed by atoms with Gasteiger partial charge in [0.05, 0.1) is 19.4 Å². The van der Waals surface area contributed by atoms with Gasteiger partial charge < -0.3 is 9.84 Å². The summed E-state index contributed by atoms with van der Waals surface area (Å²) in [6.07, 6.45) is 0.620. The van der Waals surface area contributed by atoms with Gasteiger partial charge in [0.15, 0.2) is 0 Å². The fourth-order valence-electron chi connectivity index (χ4n) is 1.71. The Kier molecular flexibility index (Phi) is 4.01. The number of benzene rings is 1. The summed E-state index contributed by atoms with van der Waals surface area (Å²) < 4.78 is 4.73. The minimum absolute atomic E-state index is 0.0655. The Hall–Kier alpha value is -2.39. The first kappa shape index (κ1) is 14.0. The summed E-state index contributed by atoms with van der Waals surface area (Å²) >= 11 is 1.22. The Morgan fingerprint density at radius 3 is 2.90 bits per heavy atom. The lowest BCUT2D eigenvalue weighted by molar-refractivity contribution is 0.0605. The van der Waals surface area contributed by atoms with Crippen LogP contribution in [-0.4, -0.2) is 23.2 Å². The van der Waals surface area contributed by atoms with Crippen molar-refractivity contribution in [2.24, 2.45) is 0 Å². The highest BCUT2D eigenvalue weighted by Crippen LogP contribution is 2.35. The smallest absolute Gasteiger partial charge is 0.349 e. The summed E-state index contributed by atoms with van der Waals surface area (Å²) in [6, 6.07) is 4.68. The summed E-state index contributed by atoms with van der Waals surface area (Å²) in [5.41, 5.74) is 1.54. The first-order chi connectivity index (χ1) is 9.60. The van der Waals surface area contributed by atoms with Crippen molar-refractivity contribution in [2.45, 2.75) is 13.3 Å². The molecule has 0 spiro atoms. The van der Waals surface area contributed by atoms with Crippen molar-refractivity contribution in [3.8, 4) is 16.3 Å². The van der Waals surface area contributed by atoms with Gasteiger partial charge in [-0.2, -0.15) is 0 Å². The van der Waals surface area contributed by atoms with E-state index in [1.54, 1.807) is 12.1 Å². The number of aryl methyl sites for hydroxylation is 1. The van der Waals surface area contributed by atoms with Crippen molar-refractivity contribution in [2.75, 3.05) is 7.11 Å². The number of carbonyl (C=O) groups excluding carboxylic acids is 1. The molecule has 102 valence electrons. The maximum Gasteiger partial charge on any atom is 0.349 e. The molecular weight excluding hydrogens is 276 g/mol. The number of carbonyl (C=O) groups is 1. The molecule has 0 aliphatic rings. The predicted molar refractivity (Wildman–Crippen MR) is 76.2 cm³/mol. The first-order valence-corrected chi connectivity index (χ1v) is 6.71. The molecule has 2 rings (SSSR count). The zero-order valence-electron chi connectivity index (χ0n) is 11.0. The third kappa shape index (κ3) is 2.49. The summed E-state index contributed by atoms with van der Waals surface area (Å²) in [6.45, 7) is 8.91. The molecule has 1 aromatic heterocycles. The molecule has 0 aliphatic heterocycles. The molecule has 0 saturated carbocycles. The molecule has 0 atom stereocenters. The van der Waals surface area contributed by atoms with Crippen LogP contribution < -0.4 is 0 Å². The second-order valence-corrected chi connectivity index (χ2v) is 4.95. The van der Waals surface area contributed by atoms with Crippen molar-refractivity contribution >= 4 is 23.0 Å². The molecule has 0 aliphatic carbocycles. The Bertz CT molecular complexity index is 701. The standard InChI is InChI=1S/C14H12N2O3S/c1-4-9-12(14(18)19-3)20-13(16-9)8-5-6-11(17)10(7-8)15-2/h5-7,17H,4H2,1,3H3. The van der Waals surface area contributed by atoms with E-state index in [4.69, 9.17) is 11.3 Å². The zero-order chi connectivity index (χ0) is 14.7. The van der Waals surface area contributed by atoms with Gasteiger partial charge in [-0.15, -0.1) is 11.3 Å². The molecule has 0 amide bonds. The van der Waals surface area contributed by atoms with Gasteiger partial charge in [-0.3, -0.25) is 0 Å². The second kappa shape index (κ2) is 5.72. The lowest BCUT2D eigenvalue weighted by Crippen LogP contribution is -2.01. The van der Waals surface area contributed by atoms with Crippen LogP contribution in [0.15, 0.2) is 18.2 Å². The van der Waals surface area contributed by atoms with Gasteiger partial charge in [0.2, 0.25) is 5.69 Å². The molecule has 20 heavy (non-hydrogen) atoms. The highest BCUT2D eigenvalue weighted by atomic mass is 32.1. The molecule has 0 fully saturated rings. The summed E-state index contributed by atoms with van der Waals surface area (Å²) in [4.78, 5) is 19.8. The number of nitrogens with zero attached hydrogens (tertiary/aromatic N) is 2. The first-order valence-electron chi connectivity index (χ1n) is 5.89. The molecule has 0 unspecified atom stereocenters. The highest BCUT2D eigenvalue weighted by molar-refractivity contribution is 7.17. The largest absolute Gasteiger partial charge is 0.519 e. The average molecular weight is 288 g/mol. The summed E-state index contributed by atoms with van der Waals surface area (Å²) in [5.74, 6) is -0.473. The molecule has 0 radical (unpaired) electrons. The average Bonchev–Trinajstić information content (AvgIpc) is 2.91. The third-order valence-corrected chi connectivity index (χ3v) is 3.87. The van der Waals surface area contributed by atoms with E-state index >= 15 is 0 Å². The molecule has 1 aromatic carbocycles. The Labute approximate surface area is 120 Å². The maximum absolute atomic E-state index is 11.7. The van der Waals surface area contributed by atoms with Gasteiger partial charge >= 0.3 is 5.97 Å². The Morgan fingerprint density at radius 1 is 1.55 bits per heavy atom. The Morgan fingerprint density at radius 2 is 2.30 bits per heavy atom. The minimum Gasteiger partial charge on any atom is -0.519 e. The Balaban J connectivity index is 2.51. The molecular formula is C14H12N2O3S. The van der Waals surface area contributed by atoms with Crippen LogP contribution in [0.2, 0.25) is 0 Å². The van der Waals surface area contributed by atoms with Crippen LogP contribution in [0.3, 0.4) is 0 Å². The molecule has 2 aromatic rings. The SMILES string of the molecule is [C-]#[N+]c1cc(-c2nc(CC)c(C(=O)OC)s2)ccc1O. The zero-order valence-corrected chi connectivity index (χ0v) is 11.8. The van der Waals surface area contributed by atoms with E-state index in [1.165, 1.54) is 24.5 Å². The summed E-state index contributed by atoms with van der Waals surface area (Å²) in [7, 11) is 1.33. The lowest BCUT2D eigenvalue weighted by atomic mass is 10.2. The second-order valence-electron chi connectivity index (χ2n) is 3.96. The predicted octanol–water partition coefficient (Wildman–Crippen LogP) is 3.42. The van der Waals surface area contributed by atoms with Crippen LogP contribution >= 0.6 is 11.3 Å². The van der Waals surface area contributed by atoms with Crippen molar-refractivity contribution < 1.29 is 14.6 Å². The number of ether oxygens (including phenoxy) is 1. The van der Waals surface area contributed by atoms with Crippen molar-refractivity contribution in [3.63, 3.8) is 0 Å². The fourth-order valence-corrected chi connectivity index (χ4v) is 2.78. The number of esters is 1. The van der Waals surface area contributed by atoms with Crippen LogP contribution in [0, 0.1) is 6.57 Å². The van der Waals surface area contributed by atoms with Gasteiger partial charge in [-0.1, -0.05) is 13.0 Å². The van der Waals surface area contributed by atoms with E-state index in [2.05, 4.69) is 9.83 Å². The lowest BCUT2D eigenvalue weighted by Gasteiger charge is -1.99. The topological polar surface area (TPSA) is 63.8 Å². The van der Waals surface area contributed by atoms with Crippen LogP contribution in [0.1, 0.15) is 22.3 Å². The van der Waals surface area contributed by atoms with Gasteiger partial charge in [0, 0.05) is 5.56 Å². The van der Waals surface area contributed by atoms with Crippen molar-refractivity contribution in [3.05, 3.63) is 40.2 Å². The number of aromatic hydroxyl groups is 1. The number of methoxy groups -OCH3 is 1. The number of hydrogen-bond donors (Lipinski definition) is 1. The van der Waals surface area contributed by atoms with Gasteiger partial charge in [0.25, 0.3) is 0 Å². The molecule has 6 heteroatoms. The summed E-state index contributed by atoms with van der Waals surface area (Å²) in [5, 5.41) is 10.1. The van der Waals surface area contributed by atoms with E-state index in [1.807, 2.05) is 6.92 Å². The molecule has 0 saturated heterocycles. The van der Waals surface area contributed by atoms with Crippen LogP contribution in [0.5, 0.6) is 5.75 Å². The third-order valence-electron chi connectivity index (χ3n) is 2.75. The number of aromatic nitrogens is 1. The van der Waals surface area contributed by atoms with E-state index in [0.29, 0.717) is 27.6 Å². The van der Waals surface area contributed by atoms with Gasteiger partial charge in [-0.25, -0.2) is 14.6 Å². The molecule has 1 N–H and O–H groups in total. The number of rotatable bonds is 3. The van der Waals surface area contributed by atoms with Gasteiger partial charge in [0.1, 0.15) is 15.6 Å². The number of phenolic OH excluding ortho intramolecular Hbond substituents is 1. The quantitative estimate of drug-likeness (QED) is 0.694.